The highest BCUT2D eigenvalue weighted by Gasteiger charge is 2.22. The molecule has 0 fully saturated rings. The topological polar surface area (TPSA) is 105 Å². The molecular weight excluding hydrogens is 751 g/mol. The van der Waals surface area contributed by atoms with Crippen LogP contribution >= 0.6 is 0 Å². The highest BCUT2D eigenvalue weighted by molar-refractivity contribution is 5.74. The van der Waals surface area contributed by atoms with E-state index in [0.717, 1.165) is 116 Å². The molecule has 0 heterocycles. The van der Waals surface area contributed by atoms with Crippen LogP contribution in [0.3, 0.4) is 0 Å². The maximum absolute atomic E-state index is 12.9. The van der Waals surface area contributed by atoms with Crippen LogP contribution in [-0.4, -0.2) is 69.8 Å². The lowest BCUT2D eigenvalue weighted by Crippen LogP contribution is -2.40. The summed E-state index contributed by atoms with van der Waals surface area (Å²) in [5, 5.41) is 3.22. The van der Waals surface area contributed by atoms with E-state index in [4.69, 9.17) is 9.47 Å². The normalized spacial score (nSPS) is 11.6. The van der Waals surface area contributed by atoms with Gasteiger partial charge < -0.3 is 24.6 Å². The van der Waals surface area contributed by atoms with E-state index in [1.807, 2.05) is 0 Å². The molecule has 1 N–H and O–H groups in total. The zero-order chi connectivity index (χ0) is 43.9. The first-order valence-electron chi connectivity index (χ1n) is 25.6. The van der Waals surface area contributed by atoms with Crippen molar-refractivity contribution in [1.29, 1.82) is 0 Å². The minimum Gasteiger partial charge on any atom is -0.466 e. The maximum atomic E-state index is 12.9. The van der Waals surface area contributed by atoms with Crippen LogP contribution in [-0.2, 0) is 19.1 Å². The van der Waals surface area contributed by atoms with Crippen LogP contribution in [0.15, 0.2) is 9.59 Å². The number of hydrogen-bond donors (Lipinski definition) is 1. The van der Waals surface area contributed by atoms with E-state index in [1.165, 1.54) is 109 Å². The molecule has 0 atom stereocenters. The number of carbonyl (C=O) groups is 2. The molecule has 1 aromatic rings. The summed E-state index contributed by atoms with van der Waals surface area (Å²) in [6.45, 7) is 10.8. The first-order valence-corrected chi connectivity index (χ1v) is 25.6. The monoisotopic (exact) mass is 846 g/mol. The molecule has 0 saturated heterocycles. The molecule has 1 rings (SSSR count). The second kappa shape index (κ2) is 39.4. The van der Waals surface area contributed by atoms with Gasteiger partial charge in [-0.2, -0.15) is 0 Å². The molecule has 9 heteroatoms. The van der Waals surface area contributed by atoms with Crippen molar-refractivity contribution in [2.75, 3.05) is 57.1 Å². The van der Waals surface area contributed by atoms with Crippen LogP contribution in [0, 0.1) is 0 Å². The van der Waals surface area contributed by atoms with Gasteiger partial charge in [0.2, 0.25) is 0 Å². The molecule has 0 aliphatic rings. The van der Waals surface area contributed by atoms with Gasteiger partial charge in [0.25, 0.3) is 10.9 Å². The van der Waals surface area contributed by atoms with Crippen LogP contribution in [0.25, 0.3) is 0 Å². The third-order valence-corrected chi connectivity index (χ3v) is 12.1. The number of rotatable bonds is 45. The van der Waals surface area contributed by atoms with Gasteiger partial charge in [-0.25, -0.2) is 0 Å². The van der Waals surface area contributed by atoms with E-state index >= 15 is 0 Å². The molecule has 0 unspecified atom stereocenters. The Bertz CT molecular complexity index is 1210. The summed E-state index contributed by atoms with van der Waals surface area (Å²) in [6, 6.07) is 0. The number of ether oxygens (including phenoxy) is 2. The summed E-state index contributed by atoms with van der Waals surface area (Å²) in [6.07, 6.45) is 38.6. The quantitative estimate of drug-likeness (QED) is 0.0390. The summed E-state index contributed by atoms with van der Waals surface area (Å²) >= 11 is 0. The van der Waals surface area contributed by atoms with Crippen LogP contribution < -0.4 is 21.1 Å². The fraction of sp³-hybridized carbons (Fsp3) is 0.882. The van der Waals surface area contributed by atoms with Crippen molar-refractivity contribution in [1.82, 2.24) is 4.90 Å². The van der Waals surface area contributed by atoms with Gasteiger partial charge in [-0.3, -0.25) is 19.2 Å². The molecule has 0 spiro atoms. The maximum Gasteiger partial charge on any atom is 0.306 e. The average molecular weight is 846 g/mol. The van der Waals surface area contributed by atoms with E-state index in [-0.39, 0.29) is 18.0 Å². The van der Waals surface area contributed by atoms with Crippen molar-refractivity contribution >= 4 is 23.3 Å². The summed E-state index contributed by atoms with van der Waals surface area (Å²) in [7, 11) is 3.58. The average Bonchev–Trinajstić information content (AvgIpc) is 3.23. The lowest BCUT2D eigenvalue weighted by molar-refractivity contribution is -0.150. The molecule has 0 aromatic heterocycles. The minimum absolute atomic E-state index is 0.00903. The smallest absolute Gasteiger partial charge is 0.306 e. The van der Waals surface area contributed by atoms with Crippen LogP contribution in [0.1, 0.15) is 239 Å². The summed E-state index contributed by atoms with van der Waals surface area (Å²) in [4.78, 5) is 53.5. The van der Waals surface area contributed by atoms with E-state index < -0.39 is 10.9 Å². The molecule has 1 aromatic carbocycles. The Hall–Kier alpha value is -2.42. The Balaban J connectivity index is 2.40. The lowest BCUT2D eigenvalue weighted by atomic mass is 10.0. The Morgan fingerprint density at radius 1 is 0.500 bits per heavy atom. The fourth-order valence-corrected chi connectivity index (χ4v) is 8.22. The van der Waals surface area contributed by atoms with Gasteiger partial charge >= 0.3 is 11.9 Å². The van der Waals surface area contributed by atoms with Crippen LogP contribution in [0.5, 0.6) is 0 Å². The zero-order valence-corrected chi connectivity index (χ0v) is 40.0. The van der Waals surface area contributed by atoms with E-state index in [1.54, 1.807) is 19.0 Å². The number of carbonyl (C=O) groups excluding carboxylic acids is 2. The number of esters is 2. The molecule has 0 saturated carbocycles. The Labute approximate surface area is 369 Å². The number of nitrogens with one attached hydrogen (secondary N) is 1. The van der Waals surface area contributed by atoms with E-state index in [2.05, 4.69) is 31.0 Å². The van der Waals surface area contributed by atoms with Crippen molar-refractivity contribution in [3.05, 3.63) is 20.4 Å². The predicted octanol–water partition coefficient (Wildman–Crippen LogP) is 12.8. The van der Waals surface area contributed by atoms with Crippen molar-refractivity contribution in [3.8, 4) is 0 Å². The number of hydrogen-bond acceptors (Lipinski definition) is 9. The van der Waals surface area contributed by atoms with Gasteiger partial charge in [0.15, 0.2) is 0 Å². The fourth-order valence-electron chi connectivity index (χ4n) is 8.22. The van der Waals surface area contributed by atoms with Crippen molar-refractivity contribution in [3.63, 3.8) is 0 Å². The highest BCUT2D eigenvalue weighted by Crippen LogP contribution is 2.20. The summed E-state index contributed by atoms with van der Waals surface area (Å²) in [5.74, 6) is -0.0763. The van der Waals surface area contributed by atoms with Gasteiger partial charge in [-0.15, -0.1) is 0 Å². The third-order valence-electron chi connectivity index (χ3n) is 12.1. The van der Waals surface area contributed by atoms with Crippen molar-refractivity contribution in [2.45, 2.75) is 245 Å². The van der Waals surface area contributed by atoms with Gasteiger partial charge in [-0.05, 0) is 83.8 Å². The standard InChI is InChI=1S/C51H95N3O6/c1-6-9-12-15-18-19-20-26-34-44-59-46(55)38-31-27-33-42-54(43-35-40-52-48-49(53(4)5)51(58)50(48)57)41-32-25-21-24-30-39-47(56)60-45(36-28-22-16-13-10-7-2)37-29-23-17-14-11-8-3/h45,52H,6-44H2,1-5H3. The lowest BCUT2D eigenvalue weighted by Gasteiger charge is -2.23. The first-order chi connectivity index (χ1) is 29.2. The first kappa shape index (κ1) is 55.6. The van der Waals surface area contributed by atoms with Crippen molar-refractivity contribution in [2.24, 2.45) is 0 Å². The highest BCUT2D eigenvalue weighted by atomic mass is 16.5. The van der Waals surface area contributed by atoms with E-state index in [9.17, 15) is 19.2 Å². The van der Waals surface area contributed by atoms with Gasteiger partial charge in [0, 0.05) is 33.5 Å². The Morgan fingerprint density at radius 2 is 0.917 bits per heavy atom. The predicted molar refractivity (Wildman–Crippen MR) is 255 cm³/mol. The summed E-state index contributed by atoms with van der Waals surface area (Å²) in [5.41, 5.74) is 0.0791. The SMILES string of the molecule is CCCCCCCCCCCOC(=O)CCCCCN(CCCCCCCC(=O)OC(CCCCCCCC)CCCCCCCC)CCCNc1c(N(C)C)c(=O)c1=O. The van der Waals surface area contributed by atoms with Crippen molar-refractivity contribution < 1.29 is 19.1 Å². The second-order valence-electron chi connectivity index (χ2n) is 18.0. The second-order valence-corrected chi connectivity index (χ2v) is 18.0. The molecule has 0 aliphatic carbocycles. The molecule has 9 nitrogen and oxygen atoms in total. The molecule has 0 aliphatic heterocycles. The van der Waals surface area contributed by atoms with Gasteiger partial charge in [0.1, 0.15) is 17.5 Å². The van der Waals surface area contributed by atoms with Gasteiger partial charge in [0.05, 0.1) is 6.61 Å². The van der Waals surface area contributed by atoms with Crippen LogP contribution in [0.2, 0.25) is 0 Å². The number of anilines is 2. The number of unbranched alkanes of at least 4 members (excludes halogenated alkanes) is 24. The molecular formula is C51H95N3O6. The number of nitrogens with zero attached hydrogens (tertiary/aromatic N) is 2. The Kier molecular flexibility index (Phi) is 36.5. The minimum atomic E-state index is -0.420. The Morgan fingerprint density at radius 3 is 1.43 bits per heavy atom. The van der Waals surface area contributed by atoms with E-state index in [0.29, 0.717) is 37.4 Å². The zero-order valence-electron chi connectivity index (χ0n) is 40.0. The molecule has 350 valence electrons. The third kappa shape index (κ3) is 29.8. The molecule has 0 amide bonds. The summed E-state index contributed by atoms with van der Waals surface area (Å²) < 4.78 is 11.6. The van der Waals surface area contributed by atoms with Gasteiger partial charge in [-0.1, -0.05) is 162 Å². The molecule has 0 bridgehead atoms. The molecule has 0 radical (unpaired) electrons. The van der Waals surface area contributed by atoms with Crippen LogP contribution in [0.4, 0.5) is 11.4 Å². The molecule has 60 heavy (non-hydrogen) atoms. The largest absolute Gasteiger partial charge is 0.466 e.